The molecular weight excluding hydrogens is 520 g/mol. The van der Waals surface area contributed by atoms with E-state index in [1.807, 2.05) is 38.3 Å². The predicted octanol–water partition coefficient (Wildman–Crippen LogP) is 4.05. The van der Waals surface area contributed by atoms with Crippen molar-refractivity contribution in [2.75, 3.05) is 13.7 Å². The van der Waals surface area contributed by atoms with Crippen molar-refractivity contribution in [1.82, 2.24) is 29.7 Å². The maximum Gasteiger partial charge on any atom is 0.213 e. The molecule has 1 saturated heterocycles. The van der Waals surface area contributed by atoms with Gasteiger partial charge in [0, 0.05) is 25.1 Å². The van der Waals surface area contributed by atoms with E-state index in [-0.39, 0.29) is 24.0 Å². The van der Waals surface area contributed by atoms with Crippen molar-refractivity contribution < 1.29 is 22.6 Å². The number of hydrogen-bond acceptors (Lipinski definition) is 10. The fourth-order valence-electron chi connectivity index (χ4n) is 4.71. The number of ether oxygens (including phenoxy) is 3. The molecule has 0 N–H and O–H groups in total. The highest BCUT2D eigenvalue weighted by molar-refractivity contribution is 7.91. The Morgan fingerprint density at radius 1 is 1.10 bits per heavy atom. The van der Waals surface area contributed by atoms with Crippen LogP contribution < -0.4 is 4.74 Å². The van der Waals surface area contributed by atoms with E-state index in [0.717, 1.165) is 24.8 Å². The van der Waals surface area contributed by atoms with Crippen LogP contribution in [0.3, 0.4) is 0 Å². The summed E-state index contributed by atoms with van der Waals surface area (Å²) in [6.07, 6.45) is 5.06. The molecule has 39 heavy (non-hydrogen) atoms. The highest BCUT2D eigenvalue weighted by Gasteiger charge is 2.37. The number of nitrogens with zero attached hydrogens (tertiary/aromatic N) is 6. The summed E-state index contributed by atoms with van der Waals surface area (Å²) in [4.78, 5) is 13.3. The summed E-state index contributed by atoms with van der Waals surface area (Å²) in [5.74, 6) is 1.20. The molecule has 12 heteroatoms. The quantitative estimate of drug-likeness (QED) is 0.340. The zero-order chi connectivity index (χ0) is 28.2. The molecule has 0 bridgehead atoms. The Hall–Kier alpha value is -2.96. The molecular formula is C27H38N6O5S. The summed E-state index contributed by atoms with van der Waals surface area (Å²) in [5.41, 5.74) is 1.42. The van der Waals surface area contributed by atoms with Gasteiger partial charge in [0.1, 0.15) is 23.4 Å². The summed E-state index contributed by atoms with van der Waals surface area (Å²) >= 11 is 0. The van der Waals surface area contributed by atoms with Gasteiger partial charge < -0.3 is 18.8 Å². The van der Waals surface area contributed by atoms with Gasteiger partial charge >= 0.3 is 0 Å². The first-order chi connectivity index (χ1) is 18.6. The van der Waals surface area contributed by atoms with Crippen LogP contribution >= 0.6 is 0 Å². The molecule has 0 radical (unpaired) electrons. The van der Waals surface area contributed by atoms with Crippen LogP contribution in [0.2, 0.25) is 0 Å². The third-order valence-corrected chi connectivity index (χ3v) is 8.93. The molecule has 0 aliphatic carbocycles. The molecule has 0 aromatic carbocycles. The second-order valence-corrected chi connectivity index (χ2v) is 12.6. The van der Waals surface area contributed by atoms with Crippen LogP contribution in [0.4, 0.5) is 0 Å². The third kappa shape index (κ3) is 6.79. The summed E-state index contributed by atoms with van der Waals surface area (Å²) in [5, 5.41) is 7.83. The van der Waals surface area contributed by atoms with Gasteiger partial charge in [0.2, 0.25) is 5.88 Å². The average Bonchev–Trinajstić information content (AvgIpc) is 3.34. The Bertz CT molecular complexity index is 1340. The lowest BCUT2D eigenvalue weighted by atomic mass is 10.0. The summed E-state index contributed by atoms with van der Waals surface area (Å²) in [7, 11) is -2.26. The van der Waals surface area contributed by atoms with Crippen molar-refractivity contribution in [1.29, 1.82) is 0 Å². The minimum atomic E-state index is -3.80. The SMILES string of the molecule is COc1cccc(-c2nnc(CS(=O)(=O)[C@@H](C)[C@@H](OC(C)C)c3ncc(C)cn3)n2[C@H](C)[C@H]2CCCCO2)n1. The molecule has 1 aliphatic rings. The summed E-state index contributed by atoms with van der Waals surface area (Å²) in [6, 6.07) is 5.15. The number of aryl methyl sites for hydroxylation is 1. The maximum atomic E-state index is 13.9. The first kappa shape index (κ1) is 29.0. The van der Waals surface area contributed by atoms with Gasteiger partial charge in [-0.15, -0.1) is 10.2 Å². The van der Waals surface area contributed by atoms with E-state index < -0.39 is 21.2 Å². The standard InChI is InChI=1S/C27H38N6O5S/c1-17(2)38-25(26-28-14-18(3)15-29-26)20(5)39(34,35)16-23-31-32-27(21-10-9-12-24(30-21)36-6)33(23)19(4)22-11-7-8-13-37-22/h9-10,12,14-15,17,19-20,22,25H,7-8,11,13,16H2,1-6H3/t19-,20+,22-,25-/m1/s1. The summed E-state index contributed by atoms with van der Waals surface area (Å²) < 4.78 is 47.0. The fraction of sp³-hybridized carbons (Fsp3) is 0.593. The predicted molar refractivity (Wildman–Crippen MR) is 146 cm³/mol. The van der Waals surface area contributed by atoms with E-state index in [1.54, 1.807) is 38.6 Å². The molecule has 1 aliphatic heterocycles. The molecule has 4 heterocycles. The Labute approximate surface area is 230 Å². The number of pyridine rings is 1. The third-order valence-electron chi connectivity index (χ3n) is 6.89. The first-order valence-corrected chi connectivity index (χ1v) is 15.0. The molecule has 212 valence electrons. The van der Waals surface area contributed by atoms with Crippen LogP contribution in [0.5, 0.6) is 5.88 Å². The number of methoxy groups -OCH3 is 1. The molecule has 1 fully saturated rings. The molecule has 0 amide bonds. The lowest BCUT2D eigenvalue weighted by Crippen LogP contribution is -2.33. The fourth-order valence-corrected chi connectivity index (χ4v) is 6.10. The Morgan fingerprint density at radius 3 is 2.49 bits per heavy atom. The van der Waals surface area contributed by atoms with Crippen LogP contribution in [0.15, 0.2) is 30.6 Å². The zero-order valence-electron chi connectivity index (χ0n) is 23.4. The Morgan fingerprint density at radius 2 is 1.85 bits per heavy atom. The van der Waals surface area contributed by atoms with Gasteiger partial charge in [0.25, 0.3) is 0 Å². The number of aromatic nitrogens is 6. The molecule has 11 nitrogen and oxygen atoms in total. The van der Waals surface area contributed by atoms with Crippen molar-refractivity contribution in [2.45, 2.75) is 89.2 Å². The molecule has 3 aromatic heterocycles. The minimum Gasteiger partial charge on any atom is -0.481 e. The van der Waals surface area contributed by atoms with Crippen molar-refractivity contribution in [3.05, 3.63) is 47.8 Å². The Kier molecular flexibility index (Phi) is 9.29. The number of sulfone groups is 1. The monoisotopic (exact) mass is 558 g/mol. The molecule has 0 unspecified atom stereocenters. The number of rotatable bonds is 11. The van der Waals surface area contributed by atoms with Crippen molar-refractivity contribution in [3.8, 4) is 17.4 Å². The van der Waals surface area contributed by atoms with Gasteiger partial charge in [-0.05, 0) is 65.5 Å². The van der Waals surface area contributed by atoms with Gasteiger partial charge in [-0.3, -0.25) is 0 Å². The first-order valence-electron chi connectivity index (χ1n) is 13.3. The van der Waals surface area contributed by atoms with Gasteiger partial charge in [-0.25, -0.2) is 23.4 Å². The molecule has 4 rings (SSSR count). The topological polar surface area (TPSA) is 131 Å². The largest absolute Gasteiger partial charge is 0.481 e. The van der Waals surface area contributed by atoms with Crippen molar-refractivity contribution >= 4 is 9.84 Å². The van der Waals surface area contributed by atoms with Crippen LogP contribution in [-0.2, 0) is 25.1 Å². The zero-order valence-corrected chi connectivity index (χ0v) is 24.3. The Balaban J connectivity index is 1.72. The molecule has 3 aromatic rings. The van der Waals surface area contributed by atoms with Crippen LogP contribution in [0, 0.1) is 6.92 Å². The van der Waals surface area contributed by atoms with Crippen molar-refractivity contribution in [3.63, 3.8) is 0 Å². The van der Waals surface area contributed by atoms with Gasteiger partial charge in [-0.1, -0.05) is 6.07 Å². The van der Waals surface area contributed by atoms with Gasteiger partial charge in [0.05, 0.1) is 30.6 Å². The van der Waals surface area contributed by atoms with E-state index in [1.165, 1.54) is 0 Å². The van der Waals surface area contributed by atoms with E-state index >= 15 is 0 Å². The van der Waals surface area contributed by atoms with Crippen LogP contribution in [0.1, 0.15) is 76.3 Å². The molecule has 0 saturated carbocycles. The lowest BCUT2D eigenvalue weighted by Gasteiger charge is -2.30. The molecule has 0 spiro atoms. The smallest absolute Gasteiger partial charge is 0.213 e. The highest BCUT2D eigenvalue weighted by atomic mass is 32.2. The van der Waals surface area contributed by atoms with Crippen molar-refractivity contribution in [2.24, 2.45) is 0 Å². The van der Waals surface area contributed by atoms with E-state index in [2.05, 4.69) is 25.1 Å². The minimum absolute atomic E-state index is 0.101. The van der Waals surface area contributed by atoms with Gasteiger partial charge in [0.15, 0.2) is 21.5 Å². The summed E-state index contributed by atoms with van der Waals surface area (Å²) in [6.45, 7) is 9.89. The molecule has 4 atom stereocenters. The second-order valence-electron chi connectivity index (χ2n) is 10.3. The normalized spacial score (nSPS) is 18.6. The number of hydrogen-bond donors (Lipinski definition) is 0. The van der Waals surface area contributed by atoms with E-state index in [0.29, 0.717) is 35.7 Å². The second kappa shape index (κ2) is 12.5. The maximum absolute atomic E-state index is 13.9. The average molecular weight is 559 g/mol. The van der Waals surface area contributed by atoms with E-state index in [9.17, 15) is 8.42 Å². The lowest BCUT2D eigenvalue weighted by molar-refractivity contribution is -0.0125. The van der Waals surface area contributed by atoms with Crippen LogP contribution in [0.25, 0.3) is 11.5 Å². The highest BCUT2D eigenvalue weighted by Crippen LogP contribution is 2.32. The van der Waals surface area contributed by atoms with Gasteiger partial charge in [-0.2, -0.15) is 0 Å². The van der Waals surface area contributed by atoms with E-state index in [4.69, 9.17) is 14.2 Å². The van der Waals surface area contributed by atoms with Crippen LogP contribution in [-0.4, -0.2) is 69.3 Å².